The number of benzene rings is 1. The SMILES string of the molecule is CCOC(=O)CC1CC=C(c2cccc3c2O[C@](C)(c2ccc(Cl)cn2)O3)CO1. The first kappa shape index (κ1) is 19.7. The molecule has 29 heavy (non-hydrogen) atoms. The Hall–Kier alpha value is -2.57. The van der Waals surface area contributed by atoms with Crippen LogP contribution in [0.2, 0.25) is 5.02 Å². The molecule has 1 aromatic heterocycles. The molecule has 0 N–H and O–H groups in total. The van der Waals surface area contributed by atoms with E-state index in [2.05, 4.69) is 11.1 Å². The van der Waals surface area contributed by atoms with Gasteiger partial charge in [0.15, 0.2) is 11.5 Å². The Morgan fingerprint density at radius 3 is 2.86 bits per heavy atom. The molecule has 2 aliphatic rings. The van der Waals surface area contributed by atoms with Gasteiger partial charge in [-0.1, -0.05) is 29.8 Å². The van der Waals surface area contributed by atoms with Crippen LogP contribution >= 0.6 is 11.6 Å². The normalized spacial score (nSPS) is 22.9. The number of hydrogen-bond acceptors (Lipinski definition) is 6. The van der Waals surface area contributed by atoms with E-state index in [1.807, 2.05) is 25.1 Å². The van der Waals surface area contributed by atoms with Gasteiger partial charge in [0.05, 0.1) is 30.8 Å². The number of rotatable bonds is 5. The predicted octanol–water partition coefficient (Wildman–Crippen LogP) is 4.50. The molecule has 1 aromatic carbocycles. The van der Waals surface area contributed by atoms with E-state index in [4.69, 9.17) is 30.5 Å². The summed E-state index contributed by atoms with van der Waals surface area (Å²) in [5, 5.41) is 0.551. The fourth-order valence-electron chi connectivity index (χ4n) is 3.47. The van der Waals surface area contributed by atoms with Gasteiger partial charge in [-0.3, -0.25) is 9.78 Å². The number of aromatic nitrogens is 1. The molecule has 7 heteroatoms. The fourth-order valence-corrected chi connectivity index (χ4v) is 3.58. The van der Waals surface area contributed by atoms with Crippen molar-refractivity contribution in [2.75, 3.05) is 13.2 Å². The molecule has 1 unspecified atom stereocenters. The van der Waals surface area contributed by atoms with Crippen LogP contribution in [0.3, 0.4) is 0 Å². The lowest BCUT2D eigenvalue weighted by Crippen LogP contribution is -2.32. The first-order valence-corrected chi connectivity index (χ1v) is 9.96. The molecule has 0 amide bonds. The van der Waals surface area contributed by atoms with Gasteiger partial charge in [-0.25, -0.2) is 0 Å². The molecule has 0 saturated heterocycles. The summed E-state index contributed by atoms with van der Waals surface area (Å²) in [4.78, 5) is 16.0. The van der Waals surface area contributed by atoms with Crippen LogP contribution in [-0.4, -0.2) is 30.3 Å². The Bertz CT molecular complexity index is 943. The van der Waals surface area contributed by atoms with Crippen LogP contribution in [-0.2, 0) is 20.1 Å². The van der Waals surface area contributed by atoms with Crippen LogP contribution in [0.5, 0.6) is 11.5 Å². The third-order valence-corrected chi connectivity index (χ3v) is 5.14. The number of ether oxygens (including phenoxy) is 4. The lowest BCUT2D eigenvalue weighted by molar-refractivity contribution is -0.146. The Labute approximate surface area is 174 Å². The van der Waals surface area contributed by atoms with Crippen LogP contribution < -0.4 is 9.47 Å². The van der Waals surface area contributed by atoms with Gasteiger partial charge in [0.25, 0.3) is 5.79 Å². The average Bonchev–Trinajstić information content (AvgIpc) is 3.06. The van der Waals surface area contributed by atoms with E-state index in [1.165, 1.54) is 0 Å². The molecule has 152 valence electrons. The molecule has 0 spiro atoms. The van der Waals surface area contributed by atoms with Crippen LogP contribution in [0, 0.1) is 0 Å². The fraction of sp³-hybridized carbons (Fsp3) is 0.364. The van der Waals surface area contributed by atoms with Gasteiger partial charge in [-0.2, -0.15) is 0 Å². The zero-order chi connectivity index (χ0) is 20.4. The highest BCUT2D eigenvalue weighted by atomic mass is 35.5. The van der Waals surface area contributed by atoms with Crippen molar-refractivity contribution in [2.45, 2.75) is 38.6 Å². The highest BCUT2D eigenvalue weighted by Crippen LogP contribution is 2.47. The molecule has 0 radical (unpaired) electrons. The van der Waals surface area contributed by atoms with Crippen molar-refractivity contribution >= 4 is 23.1 Å². The second kappa shape index (κ2) is 8.05. The minimum absolute atomic E-state index is 0.171. The number of nitrogens with zero attached hydrogens (tertiary/aromatic N) is 1. The van der Waals surface area contributed by atoms with Gasteiger partial charge in [-0.15, -0.1) is 0 Å². The molecule has 6 nitrogen and oxygen atoms in total. The highest BCUT2D eigenvalue weighted by Gasteiger charge is 2.41. The van der Waals surface area contributed by atoms with Gasteiger partial charge in [0.2, 0.25) is 0 Å². The molecular formula is C22H22ClNO5. The summed E-state index contributed by atoms with van der Waals surface area (Å²) in [6.45, 7) is 4.39. The summed E-state index contributed by atoms with van der Waals surface area (Å²) in [7, 11) is 0. The molecule has 0 saturated carbocycles. The predicted molar refractivity (Wildman–Crippen MR) is 108 cm³/mol. The van der Waals surface area contributed by atoms with Gasteiger partial charge >= 0.3 is 5.97 Å². The molecule has 0 bridgehead atoms. The lowest BCUT2D eigenvalue weighted by atomic mass is 9.99. The summed E-state index contributed by atoms with van der Waals surface area (Å²) < 4.78 is 23.2. The highest BCUT2D eigenvalue weighted by molar-refractivity contribution is 6.30. The van der Waals surface area contributed by atoms with Crippen LogP contribution in [0.4, 0.5) is 0 Å². The maximum Gasteiger partial charge on any atom is 0.308 e. The number of halogens is 1. The number of para-hydroxylation sites is 1. The summed E-state index contributed by atoms with van der Waals surface area (Å²) in [6.07, 6.45) is 4.37. The standard InChI is InChI=1S/C22H22ClNO5/c1-3-26-20(25)11-16-9-7-14(13-27-16)17-5-4-6-18-21(17)29-22(2,28-18)19-10-8-15(23)12-24-19/h4-8,10,12,16H,3,9,11,13H2,1-2H3/t16?,22-/m1/s1. The van der Waals surface area contributed by atoms with E-state index in [0.717, 1.165) is 11.1 Å². The van der Waals surface area contributed by atoms with E-state index in [1.54, 1.807) is 25.3 Å². The van der Waals surface area contributed by atoms with Crippen LogP contribution in [0.25, 0.3) is 5.57 Å². The third-order valence-electron chi connectivity index (χ3n) is 4.92. The topological polar surface area (TPSA) is 66.9 Å². The smallest absolute Gasteiger partial charge is 0.308 e. The quantitative estimate of drug-likeness (QED) is 0.669. The molecule has 0 fully saturated rings. The number of carbonyl (C=O) groups is 1. The number of fused-ring (bicyclic) bond motifs is 1. The second-order valence-corrected chi connectivity index (χ2v) is 7.49. The summed E-state index contributed by atoms with van der Waals surface area (Å²) >= 11 is 5.95. The minimum Gasteiger partial charge on any atom is -0.466 e. The van der Waals surface area contributed by atoms with Crippen molar-refractivity contribution in [3.8, 4) is 11.5 Å². The third kappa shape index (κ3) is 4.09. The Balaban J connectivity index is 1.53. The van der Waals surface area contributed by atoms with Crippen LogP contribution in [0.1, 0.15) is 37.9 Å². The first-order chi connectivity index (χ1) is 14.0. The molecule has 3 heterocycles. The summed E-state index contributed by atoms with van der Waals surface area (Å²) in [6, 6.07) is 9.31. The van der Waals surface area contributed by atoms with Gasteiger partial charge < -0.3 is 18.9 Å². The zero-order valence-electron chi connectivity index (χ0n) is 16.3. The second-order valence-electron chi connectivity index (χ2n) is 7.05. The molecule has 0 aliphatic carbocycles. The summed E-state index contributed by atoms with van der Waals surface area (Å²) in [5.41, 5.74) is 2.54. The molecular weight excluding hydrogens is 394 g/mol. The van der Waals surface area contributed by atoms with Gasteiger partial charge in [-0.05, 0) is 37.1 Å². The van der Waals surface area contributed by atoms with Crippen molar-refractivity contribution < 1.29 is 23.7 Å². The van der Waals surface area contributed by atoms with E-state index in [9.17, 15) is 4.79 Å². The van der Waals surface area contributed by atoms with Crippen molar-refractivity contribution in [3.05, 3.63) is 58.9 Å². The Morgan fingerprint density at radius 2 is 2.17 bits per heavy atom. The lowest BCUT2D eigenvalue weighted by Gasteiger charge is -2.24. The van der Waals surface area contributed by atoms with Crippen molar-refractivity contribution in [1.29, 1.82) is 0 Å². The van der Waals surface area contributed by atoms with Gasteiger partial charge in [0, 0.05) is 18.7 Å². The number of esters is 1. The summed E-state index contributed by atoms with van der Waals surface area (Å²) in [5.74, 6) is 0.0330. The first-order valence-electron chi connectivity index (χ1n) is 9.58. The van der Waals surface area contributed by atoms with Crippen molar-refractivity contribution in [1.82, 2.24) is 4.98 Å². The number of hydrogen-bond donors (Lipinski definition) is 0. The van der Waals surface area contributed by atoms with Crippen molar-refractivity contribution in [2.24, 2.45) is 0 Å². The van der Waals surface area contributed by atoms with Crippen LogP contribution in [0.15, 0.2) is 42.6 Å². The number of pyridine rings is 1. The van der Waals surface area contributed by atoms with E-state index in [-0.39, 0.29) is 18.5 Å². The van der Waals surface area contributed by atoms with E-state index in [0.29, 0.717) is 41.9 Å². The average molecular weight is 416 g/mol. The van der Waals surface area contributed by atoms with E-state index < -0.39 is 5.79 Å². The van der Waals surface area contributed by atoms with E-state index >= 15 is 0 Å². The van der Waals surface area contributed by atoms with Crippen molar-refractivity contribution in [3.63, 3.8) is 0 Å². The van der Waals surface area contributed by atoms with Gasteiger partial charge in [0.1, 0.15) is 5.69 Å². The maximum atomic E-state index is 11.7. The Kier molecular flexibility index (Phi) is 5.48. The maximum absolute atomic E-state index is 11.7. The number of carbonyl (C=O) groups excluding carboxylic acids is 1. The molecule has 2 atom stereocenters. The molecule has 4 rings (SSSR count). The molecule has 2 aromatic rings. The largest absolute Gasteiger partial charge is 0.466 e. The minimum atomic E-state index is -1.04. The molecule has 2 aliphatic heterocycles. The monoisotopic (exact) mass is 415 g/mol. The Morgan fingerprint density at radius 1 is 1.31 bits per heavy atom. The zero-order valence-corrected chi connectivity index (χ0v) is 17.1.